The molecule has 0 saturated carbocycles. The van der Waals surface area contributed by atoms with Gasteiger partial charge in [-0.3, -0.25) is 0 Å². The van der Waals surface area contributed by atoms with Crippen molar-refractivity contribution in [2.75, 3.05) is 7.05 Å². The van der Waals surface area contributed by atoms with Crippen LogP contribution >= 0.6 is 11.6 Å². The fraction of sp³-hybridized carbons (Fsp3) is 0.200. The molecule has 18 heavy (non-hydrogen) atoms. The zero-order valence-electron chi connectivity index (χ0n) is 10.4. The van der Waals surface area contributed by atoms with Crippen LogP contribution in [0, 0.1) is 12.7 Å². The second-order valence-corrected chi connectivity index (χ2v) is 4.72. The molecule has 0 atom stereocenters. The van der Waals surface area contributed by atoms with Crippen LogP contribution < -0.4 is 5.32 Å². The average Bonchev–Trinajstić information content (AvgIpc) is 2.34. The van der Waals surface area contributed by atoms with Gasteiger partial charge in [-0.25, -0.2) is 4.39 Å². The van der Waals surface area contributed by atoms with E-state index in [2.05, 4.69) is 17.4 Å². The van der Waals surface area contributed by atoms with E-state index in [1.807, 2.05) is 20.0 Å². The first-order chi connectivity index (χ1) is 8.61. The van der Waals surface area contributed by atoms with E-state index < -0.39 is 0 Å². The van der Waals surface area contributed by atoms with E-state index in [0.29, 0.717) is 0 Å². The summed E-state index contributed by atoms with van der Waals surface area (Å²) in [7, 11) is 1.92. The lowest BCUT2D eigenvalue weighted by Gasteiger charge is -2.09. The Balaban J connectivity index is 2.41. The van der Waals surface area contributed by atoms with E-state index in [1.165, 1.54) is 11.6 Å². The normalized spacial score (nSPS) is 10.7. The summed E-state index contributed by atoms with van der Waals surface area (Å²) >= 11 is 5.81. The van der Waals surface area contributed by atoms with Crippen molar-refractivity contribution < 1.29 is 4.39 Å². The van der Waals surface area contributed by atoms with E-state index in [4.69, 9.17) is 11.6 Å². The molecule has 0 heterocycles. The van der Waals surface area contributed by atoms with Crippen molar-refractivity contribution >= 4 is 11.6 Å². The van der Waals surface area contributed by atoms with Gasteiger partial charge in [-0.1, -0.05) is 35.9 Å². The number of hydrogen-bond acceptors (Lipinski definition) is 1. The summed E-state index contributed by atoms with van der Waals surface area (Å²) in [6, 6.07) is 11.1. The van der Waals surface area contributed by atoms with E-state index in [-0.39, 0.29) is 10.8 Å². The summed E-state index contributed by atoms with van der Waals surface area (Å²) in [4.78, 5) is 0. The van der Waals surface area contributed by atoms with Crippen LogP contribution in [-0.4, -0.2) is 7.05 Å². The molecule has 2 rings (SSSR count). The SMILES string of the molecule is CNCc1ccc(-c2ccc(F)c(Cl)c2)c(C)c1. The van der Waals surface area contributed by atoms with Crippen molar-refractivity contribution in [3.8, 4) is 11.1 Å². The third-order valence-electron chi connectivity index (χ3n) is 2.90. The van der Waals surface area contributed by atoms with Crippen LogP contribution in [-0.2, 0) is 6.54 Å². The van der Waals surface area contributed by atoms with E-state index >= 15 is 0 Å². The molecule has 3 heteroatoms. The van der Waals surface area contributed by atoms with Crippen molar-refractivity contribution in [2.24, 2.45) is 0 Å². The molecule has 0 amide bonds. The van der Waals surface area contributed by atoms with Gasteiger partial charge in [-0.05, 0) is 48.4 Å². The first-order valence-corrected chi connectivity index (χ1v) is 6.19. The Morgan fingerprint density at radius 2 is 1.94 bits per heavy atom. The molecule has 0 aliphatic rings. The van der Waals surface area contributed by atoms with Gasteiger partial charge in [0.05, 0.1) is 5.02 Å². The molecule has 0 aliphatic heterocycles. The summed E-state index contributed by atoms with van der Waals surface area (Å²) < 4.78 is 13.1. The van der Waals surface area contributed by atoms with Gasteiger partial charge >= 0.3 is 0 Å². The fourth-order valence-electron chi connectivity index (χ4n) is 2.03. The average molecular weight is 264 g/mol. The zero-order valence-corrected chi connectivity index (χ0v) is 11.2. The smallest absolute Gasteiger partial charge is 0.141 e. The Bertz CT molecular complexity index is 566. The molecular weight excluding hydrogens is 249 g/mol. The van der Waals surface area contributed by atoms with E-state index in [0.717, 1.165) is 23.2 Å². The van der Waals surface area contributed by atoms with Gasteiger partial charge in [0.25, 0.3) is 0 Å². The topological polar surface area (TPSA) is 12.0 Å². The second-order valence-electron chi connectivity index (χ2n) is 4.31. The predicted octanol–water partition coefficient (Wildman–Crippen LogP) is 4.17. The Morgan fingerprint density at radius 1 is 1.17 bits per heavy atom. The van der Waals surface area contributed by atoms with Gasteiger partial charge in [0, 0.05) is 6.54 Å². The molecule has 0 unspecified atom stereocenters. The minimum atomic E-state index is -0.384. The van der Waals surface area contributed by atoms with Gasteiger partial charge in [-0.2, -0.15) is 0 Å². The van der Waals surface area contributed by atoms with Crippen molar-refractivity contribution in [3.63, 3.8) is 0 Å². The third-order valence-corrected chi connectivity index (χ3v) is 3.19. The maximum absolute atomic E-state index is 13.1. The monoisotopic (exact) mass is 263 g/mol. The maximum Gasteiger partial charge on any atom is 0.141 e. The van der Waals surface area contributed by atoms with Gasteiger partial charge < -0.3 is 5.32 Å². The first kappa shape index (κ1) is 13.1. The molecule has 0 aromatic heterocycles. The van der Waals surface area contributed by atoms with Gasteiger partial charge in [0.1, 0.15) is 5.82 Å². The Morgan fingerprint density at radius 3 is 2.56 bits per heavy atom. The zero-order chi connectivity index (χ0) is 13.1. The highest BCUT2D eigenvalue weighted by Crippen LogP contribution is 2.28. The van der Waals surface area contributed by atoms with Gasteiger partial charge in [0.2, 0.25) is 0 Å². The standard InChI is InChI=1S/C15H15ClFN/c1-10-7-11(9-18-2)3-5-13(10)12-4-6-15(17)14(16)8-12/h3-8,18H,9H2,1-2H3. The third kappa shape index (κ3) is 2.71. The van der Waals surface area contributed by atoms with Crippen molar-refractivity contribution in [1.29, 1.82) is 0 Å². The fourth-order valence-corrected chi connectivity index (χ4v) is 2.21. The number of rotatable bonds is 3. The number of benzene rings is 2. The number of halogens is 2. The minimum absolute atomic E-state index is 0.159. The second kappa shape index (κ2) is 5.51. The van der Waals surface area contributed by atoms with Crippen LogP contribution in [0.15, 0.2) is 36.4 Å². The van der Waals surface area contributed by atoms with Crippen LogP contribution in [0.3, 0.4) is 0 Å². The molecular formula is C15H15ClFN. The molecule has 0 radical (unpaired) electrons. The molecule has 0 spiro atoms. The molecule has 1 N–H and O–H groups in total. The Kier molecular flexibility index (Phi) is 4.00. The van der Waals surface area contributed by atoms with Crippen LogP contribution in [0.5, 0.6) is 0 Å². The van der Waals surface area contributed by atoms with Crippen LogP contribution in [0.4, 0.5) is 4.39 Å². The molecule has 94 valence electrons. The largest absolute Gasteiger partial charge is 0.316 e. The van der Waals surface area contributed by atoms with Crippen molar-refractivity contribution in [3.05, 3.63) is 58.4 Å². The van der Waals surface area contributed by atoms with Crippen LogP contribution in [0.1, 0.15) is 11.1 Å². The van der Waals surface area contributed by atoms with Crippen LogP contribution in [0.25, 0.3) is 11.1 Å². The van der Waals surface area contributed by atoms with Gasteiger partial charge in [0.15, 0.2) is 0 Å². The van der Waals surface area contributed by atoms with Crippen LogP contribution in [0.2, 0.25) is 5.02 Å². The molecule has 2 aromatic rings. The van der Waals surface area contributed by atoms with Crippen molar-refractivity contribution in [2.45, 2.75) is 13.5 Å². The molecule has 0 aliphatic carbocycles. The lowest BCUT2D eigenvalue weighted by atomic mass is 9.98. The van der Waals surface area contributed by atoms with Crippen molar-refractivity contribution in [1.82, 2.24) is 5.32 Å². The lowest BCUT2D eigenvalue weighted by Crippen LogP contribution is -2.05. The van der Waals surface area contributed by atoms with E-state index in [9.17, 15) is 4.39 Å². The molecule has 0 bridgehead atoms. The summed E-state index contributed by atoms with van der Waals surface area (Å²) in [6.07, 6.45) is 0. The predicted molar refractivity (Wildman–Crippen MR) is 74.3 cm³/mol. The quantitative estimate of drug-likeness (QED) is 0.876. The highest BCUT2D eigenvalue weighted by molar-refractivity contribution is 6.31. The Hall–Kier alpha value is -1.38. The van der Waals surface area contributed by atoms with Gasteiger partial charge in [-0.15, -0.1) is 0 Å². The minimum Gasteiger partial charge on any atom is -0.316 e. The molecule has 1 nitrogen and oxygen atoms in total. The maximum atomic E-state index is 13.1. The Labute approximate surface area is 112 Å². The number of nitrogens with one attached hydrogen (secondary N) is 1. The highest BCUT2D eigenvalue weighted by atomic mass is 35.5. The summed E-state index contributed by atoms with van der Waals surface area (Å²) in [5.41, 5.74) is 4.41. The molecule has 0 fully saturated rings. The highest BCUT2D eigenvalue weighted by Gasteiger charge is 2.06. The number of hydrogen-bond donors (Lipinski definition) is 1. The molecule has 2 aromatic carbocycles. The summed E-state index contributed by atoms with van der Waals surface area (Å²) in [5.74, 6) is -0.384. The summed E-state index contributed by atoms with van der Waals surface area (Å²) in [5, 5.41) is 3.27. The first-order valence-electron chi connectivity index (χ1n) is 5.81. The van der Waals surface area contributed by atoms with E-state index in [1.54, 1.807) is 12.1 Å². The lowest BCUT2D eigenvalue weighted by molar-refractivity contribution is 0.628. The molecule has 0 saturated heterocycles. The number of aryl methyl sites for hydroxylation is 1. The summed E-state index contributed by atoms with van der Waals surface area (Å²) in [6.45, 7) is 2.89.